The molecular formula is C16H17NO6S2. The lowest BCUT2D eigenvalue weighted by molar-refractivity contribution is 0.101. The number of sulfonamides is 1. The number of sulfone groups is 1. The standard InChI is InChI=1S/C16H17NO6S2/c1-12(18)13-4-2-6-15(8-13)25(21,22)17-9-16(10-17)24(19,20)11-14-5-3-7-23-14/h2-8,16H,9-11H2,1H3. The summed E-state index contributed by atoms with van der Waals surface area (Å²) < 4.78 is 55.9. The first-order valence-electron chi connectivity index (χ1n) is 7.55. The molecule has 1 fully saturated rings. The van der Waals surface area contributed by atoms with E-state index in [9.17, 15) is 21.6 Å². The number of nitrogens with zero attached hydrogens (tertiary/aromatic N) is 1. The monoisotopic (exact) mass is 383 g/mol. The fraction of sp³-hybridized carbons (Fsp3) is 0.312. The van der Waals surface area contributed by atoms with Gasteiger partial charge in [-0.2, -0.15) is 4.31 Å². The summed E-state index contributed by atoms with van der Waals surface area (Å²) in [5.41, 5.74) is 0.295. The second-order valence-corrected chi connectivity index (χ2v) is 10.1. The average Bonchev–Trinajstić information content (AvgIpc) is 2.97. The van der Waals surface area contributed by atoms with Gasteiger partial charge in [-0.15, -0.1) is 0 Å². The maximum atomic E-state index is 12.6. The first kappa shape index (κ1) is 17.8. The van der Waals surface area contributed by atoms with E-state index in [1.54, 1.807) is 12.1 Å². The van der Waals surface area contributed by atoms with Crippen molar-refractivity contribution in [2.24, 2.45) is 0 Å². The van der Waals surface area contributed by atoms with Crippen LogP contribution in [-0.2, 0) is 25.6 Å². The third kappa shape index (κ3) is 3.53. The number of ketones is 1. The van der Waals surface area contributed by atoms with Crippen molar-refractivity contribution in [2.75, 3.05) is 13.1 Å². The molecule has 0 saturated carbocycles. The van der Waals surface area contributed by atoms with Gasteiger partial charge in [-0.1, -0.05) is 12.1 Å². The summed E-state index contributed by atoms with van der Waals surface area (Å²) >= 11 is 0. The van der Waals surface area contributed by atoms with Crippen LogP contribution in [0.5, 0.6) is 0 Å². The molecule has 0 radical (unpaired) electrons. The summed E-state index contributed by atoms with van der Waals surface area (Å²) in [6.07, 6.45) is 1.39. The van der Waals surface area contributed by atoms with E-state index < -0.39 is 25.1 Å². The minimum Gasteiger partial charge on any atom is -0.468 e. The molecule has 0 amide bonds. The number of hydrogen-bond acceptors (Lipinski definition) is 6. The Morgan fingerprint density at radius 2 is 1.88 bits per heavy atom. The second-order valence-electron chi connectivity index (χ2n) is 5.91. The molecule has 25 heavy (non-hydrogen) atoms. The quantitative estimate of drug-likeness (QED) is 0.700. The zero-order chi connectivity index (χ0) is 18.2. The van der Waals surface area contributed by atoms with E-state index in [2.05, 4.69) is 0 Å². The fourth-order valence-corrected chi connectivity index (χ4v) is 5.94. The third-order valence-electron chi connectivity index (χ3n) is 4.12. The van der Waals surface area contributed by atoms with Crippen molar-refractivity contribution in [3.05, 3.63) is 54.0 Å². The maximum absolute atomic E-state index is 12.6. The number of rotatable bonds is 6. The van der Waals surface area contributed by atoms with Gasteiger partial charge in [0, 0.05) is 18.7 Å². The van der Waals surface area contributed by atoms with Crippen molar-refractivity contribution >= 4 is 25.6 Å². The second kappa shape index (κ2) is 6.40. The molecule has 9 heteroatoms. The van der Waals surface area contributed by atoms with E-state index in [1.165, 1.54) is 37.5 Å². The van der Waals surface area contributed by atoms with Crippen molar-refractivity contribution in [1.29, 1.82) is 0 Å². The lowest BCUT2D eigenvalue weighted by atomic mass is 10.2. The number of Topliss-reactive ketones (excluding diaryl/α,β-unsaturated/α-hetero) is 1. The molecule has 0 spiro atoms. The normalized spacial score (nSPS) is 16.5. The molecule has 2 aromatic rings. The van der Waals surface area contributed by atoms with Gasteiger partial charge in [-0.3, -0.25) is 4.79 Å². The molecule has 1 saturated heterocycles. The molecule has 1 aromatic heterocycles. The molecule has 0 bridgehead atoms. The summed E-state index contributed by atoms with van der Waals surface area (Å²) in [7, 11) is -7.32. The topological polar surface area (TPSA) is 102 Å². The van der Waals surface area contributed by atoms with Crippen LogP contribution < -0.4 is 0 Å². The molecule has 1 aliphatic rings. The van der Waals surface area contributed by atoms with Crippen LogP contribution in [0.3, 0.4) is 0 Å². The minimum atomic E-state index is -3.82. The van der Waals surface area contributed by atoms with Gasteiger partial charge in [0.25, 0.3) is 0 Å². The zero-order valence-electron chi connectivity index (χ0n) is 13.5. The molecule has 3 rings (SSSR count). The molecule has 134 valence electrons. The number of hydrogen-bond donors (Lipinski definition) is 0. The zero-order valence-corrected chi connectivity index (χ0v) is 15.1. The Morgan fingerprint density at radius 1 is 1.16 bits per heavy atom. The van der Waals surface area contributed by atoms with Crippen LogP contribution in [-0.4, -0.2) is 45.3 Å². The Balaban J connectivity index is 1.73. The van der Waals surface area contributed by atoms with Crippen LogP contribution in [0.15, 0.2) is 52.0 Å². The summed E-state index contributed by atoms with van der Waals surface area (Å²) in [5, 5.41) is -0.761. The van der Waals surface area contributed by atoms with Crippen LogP contribution in [0, 0.1) is 0 Å². The summed E-state index contributed by atoms with van der Waals surface area (Å²) in [5.74, 6) is -0.159. The fourth-order valence-electron chi connectivity index (χ4n) is 2.56. The van der Waals surface area contributed by atoms with Crippen molar-refractivity contribution in [3.63, 3.8) is 0 Å². The number of furan rings is 1. The maximum Gasteiger partial charge on any atom is 0.243 e. The van der Waals surface area contributed by atoms with Gasteiger partial charge in [0.1, 0.15) is 11.5 Å². The van der Waals surface area contributed by atoms with Crippen LogP contribution in [0.4, 0.5) is 0 Å². The Labute approximate surface area is 146 Å². The van der Waals surface area contributed by atoms with E-state index >= 15 is 0 Å². The predicted molar refractivity (Wildman–Crippen MR) is 90.3 cm³/mol. The summed E-state index contributed by atoms with van der Waals surface area (Å²) in [6, 6.07) is 8.90. The Morgan fingerprint density at radius 3 is 2.48 bits per heavy atom. The van der Waals surface area contributed by atoms with Crippen LogP contribution in [0.25, 0.3) is 0 Å². The van der Waals surface area contributed by atoms with E-state index in [1.807, 2.05) is 0 Å². The first-order chi connectivity index (χ1) is 11.7. The Hall–Kier alpha value is -1.97. The van der Waals surface area contributed by atoms with Crippen LogP contribution in [0.2, 0.25) is 0 Å². The van der Waals surface area contributed by atoms with Crippen molar-refractivity contribution in [3.8, 4) is 0 Å². The molecule has 7 nitrogen and oxygen atoms in total. The smallest absolute Gasteiger partial charge is 0.243 e. The number of carbonyl (C=O) groups excluding carboxylic acids is 1. The van der Waals surface area contributed by atoms with Crippen molar-refractivity contribution in [1.82, 2.24) is 4.31 Å². The van der Waals surface area contributed by atoms with Crippen molar-refractivity contribution in [2.45, 2.75) is 22.8 Å². The van der Waals surface area contributed by atoms with Crippen molar-refractivity contribution < 1.29 is 26.0 Å². The van der Waals surface area contributed by atoms with E-state index in [0.717, 1.165) is 4.31 Å². The molecule has 0 aliphatic carbocycles. The molecule has 1 aliphatic heterocycles. The van der Waals surface area contributed by atoms with E-state index in [0.29, 0.717) is 11.3 Å². The predicted octanol–water partition coefficient (Wildman–Crippen LogP) is 1.47. The molecular weight excluding hydrogens is 366 g/mol. The van der Waals surface area contributed by atoms with E-state index in [4.69, 9.17) is 4.42 Å². The molecule has 0 unspecified atom stereocenters. The summed E-state index contributed by atoms with van der Waals surface area (Å²) in [6.45, 7) is 1.15. The van der Waals surface area contributed by atoms with Gasteiger partial charge < -0.3 is 4.42 Å². The summed E-state index contributed by atoms with van der Waals surface area (Å²) in [4.78, 5) is 11.4. The van der Waals surface area contributed by atoms with E-state index in [-0.39, 0.29) is 29.5 Å². The highest BCUT2D eigenvalue weighted by atomic mass is 32.2. The van der Waals surface area contributed by atoms with Gasteiger partial charge >= 0.3 is 0 Å². The highest BCUT2D eigenvalue weighted by Gasteiger charge is 2.43. The Bertz CT molecular complexity index is 987. The van der Waals surface area contributed by atoms with Gasteiger partial charge in [-0.05, 0) is 31.2 Å². The van der Waals surface area contributed by atoms with Gasteiger partial charge in [0.15, 0.2) is 15.6 Å². The van der Waals surface area contributed by atoms with Gasteiger partial charge in [0.2, 0.25) is 10.0 Å². The lowest BCUT2D eigenvalue weighted by Gasteiger charge is -2.37. The number of carbonyl (C=O) groups is 1. The SMILES string of the molecule is CC(=O)c1cccc(S(=O)(=O)N2CC(S(=O)(=O)Cc3ccco3)C2)c1. The molecule has 0 N–H and O–H groups in total. The number of benzene rings is 1. The third-order valence-corrected chi connectivity index (χ3v) is 7.95. The molecule has 1 aromatic carbocycles. The largest absolute Gasteiger partial charge is 0.468 e. The van der Waals surface area contributed by atoms with Crippen LogP contribution >= 0.6 is 0 Å². The lowest BCUT2D eigenvalue weighted by Crippen LogP contribution is -2.56. The minimum absolute atomic E-state index is 0.0120. The highest BCUT2D eigenvalue weighted by molar-refractivity contribution is 7.92. The molecule has 0 atom stereocenters. The van der Waals surface area contributed by atoms with Crippen LogP contribution in [0.1, 0.15) is 23.0 Å². The first-order valence-corrected chi connectivity index (χ1v) is 10.7. The Kier molecular flexibility index (Phi) is 4.56. The molecule has 2 heterocycles. The average molecular weight is 383 g/mol. The van der Waals surface area contributed by atoms with Gasteiger partial charge in [0.05, 0.1) is 16.4 Å². The van der Waals surface area contributed by atoms with Gasteiger partial charge in [-0.25, -0.2) is 16.8 Å². The highest BCUT2D eigenvalue weighted by Crippen LogP contribution is 2.27.